The SMILES string of the molecule is Cc1ccc(CN=C(NCC2CCN(Cc3nc(C)c(C)o3)CC2)Nc2ccccc2)cc1.I. The zero-order valence-corrected chi connectivity index (χ0v) is 22.7. The number of aryl methyl sites for hydroxylation is 3. The van der Waals surface area contributed by atoms with Gasteiger partial charge in [0.15, 0.2) is 5.96 Å². The molecule has 0 aliphatic carbocycles. The smallest absolute Gasteiger partial charge is 0.208 e. The Morgan fingerprint density at radius 3 is 2.38 bits per heavy atom. The molecule has 1 aromatic heterocycles. The monoisotopic (exact) mass is 573 g/mol. The third-order valence-corrected chi connectivity index (χ3v) is 6.27. The Morgan fingerprint density at radius 2 is 1.74 bits per heavy atom. The molecule has 1 saturated heterocycles. The summed E-state index contributed by atoms with van der Waals surface area (Å²) in [6.45, 7) is 10.6. The zero-order chi connectivity index (χ0) is 23.0. The zero-order valence-electron chi connectivity index (χ0n) is 20.4. The molecule has 0 atom stereocenters. The van der Waals surface area contributed by atoms with E-state index in [0.29, 0.717) is 12.5 Å². The lowest BCUT2D eigenvalue weighted by Crippen LogP contribution is -2.40. The number of nitrogens with one attached hydrogen (secondary N) is 2. The molecule has 0 spiro atoms. The highest BCUT2D eigenvalue weighted by Crippen LogP contribution is 2.19. The minimum Gasteiger partial charge on any atom is -0.444 e. The van der Waals surface area contributed by atoms with E-state index < -0.39 is 0 Å². The first kappa shape index (κ1) is 26.2. The van der Waals surface area contributed by atoms with Crippen LogP contribution in [0.15, 0.2) is 64.0 Å². The lowest BCUT2D eigenvalue weighted by molar-refractivity contribution is 0.164. The van der Waals surface area contributed by atoms with Gasteiger partial charge < -0.3 is 15.1 Å². The van der Waals surface area contributed by atoms with Crippen LogP contribution in [-0.2, 0) is 13.1 Å². The summed E-state index contributed by atoms with van der Waals surface area (Å²) in [6, 6.07) is 18.8. The Morgan fingerprint density at radius 1 is 1.03 bits per heavy atom. The fourth-order valence-electron chi connectivity index (χ4n) is 4.05. The van der Waals surface area contributed by atoms with E-state index in [4.69, 9.17) is 9.41 Å². The fraction of sp³-hybridized carbons (Fsp3) is 0.407. The number of guanidine groups is 1. The molecule has 0 radical (unpaired) electrons. The summed E-state index contributed by atoms with van der Waals surface area (Å²) in [5, 5.41) is 7.04. The summed E-state index contributed by atoms with van der Waals surface area (Å²) >= 11 is 0. The van der Waals surface area contributed by atoms with Crippen molar-refractivity contribution in [3.8, 4) is 0 Å². The van der Waals surface area contributed by atoms with Crippen molar-refractivity contribution in [3.05, 3.63) is 83.1 Å². The Labute approximate surface area is 220 Å². The van der Waals surface area contributed by atoms with E-state index in [1.165, 1.54) is 11.1 Å². The van der Waals surface area contributed by atoms with Crippen LogP contribution in [-0.4, -0.2) is 35.5 Å². The lowest BCUT2D eigenvalue weighted by atomic mass is 9.97. The van der Waals surface area contributed by atoms with Gasteiger partial charge in [0.05, 0.1) is 18.8 Å². The van der Waals surface area contributed by atoms with E-state index in [0.717, 1.165) is 68.0 Å². The van der Waals surface area contributed by atoms with Crippen molar-refractivity contribution in [3.63, 3.8) is 0 Å². The molecule has 7 heteroatoms. The third-order valence-electron chi connectivity index (χ3n) is 6.27. The summed E-state index contributed by atoms with van der Waals surface area (Å²) in [7, 11) is 0. The number of nitrogens with zero attached hydrogens (tertiary/aromatic N) is 3. The molecule has 4 rings (SSSR count). The number of anilines is 1. The van der Waals surface area contributed by atoms with E-state index in [9.17, 15) is 0 Å². The standard InChI is InChI=1S/C27H35N5O.HI/c1-20-9-11-23(12-10-20)17-28-27(31-25-7-5-4-6-8-25)29-18-24-13-15-32(16-14-24)19-26-30-21(2)22(3)33-26;/h4-12,24H,13-19H2,1-3H3,(H2,28,29,31);1H. The number of hydrogen-bond donors (Lipinski definition) is 2. The van der Waals surface area contributed by atoms with E-state index >= 15 is 0 Å². The van der Waals surface area contributed by atoms with Gasteiger partial charge in [-0.1, -0.05) is 48.0 Å². The van der Waals surface area contributed by atoms with Crippen LogP contribution in [0.4, 0.5) is 5.69 Å². The van der Waals surface area contributed by atoms with E-state index in [1.54, 1.807) is 0 Å². The molecule has 3 aromatic rings. The van der Waals surface area contributed by atoms with Crippen LogP contribution in [0.2, 0.25) is 0 Å². The molecule has 1 fully saturated rings. The highest BCUT2D eigenvalue weighted by atomic mass is 127. The second-order valence-corrected chi connectivity index (χ2v) is 8.99. The van der Waals surface area contributed by atoms with Crippen LogP contribution in [0.5, 0.6) is 0 Å². The van der Waals surface area contributed by atoms with Crippen LogP contribution in [0.25, 0.3) is 0 Å². The Bertz CT molecular complexity index is 1020. The van der Waals surface area contributed by atoms with Crippen LogP contribution >= 0.6 is 24.0 Å². The maximum Gasteiger partial charge on any atom is 0.208 e. The maximum absolute atomic E-state index is 5.76. The second kappa shape index (κ2) is 12.9. The van der Waals surface area contributed by atoms with Gasteiger partial charge >= 0.3 is 0 Å². The lowest BCUT2D eigenvalue weighted by Gasteiger charge is -2.31. The molecule has 0 bridgehead atoms. The number of oxazole rings is 1. The summed E-state index contributed by atoms with van der Waals surface area (Å²) in [5.41, 5.74) is 4.51. The highest BCUT2D eigenvalue weighted by Gasteiger charge is 2.21. The highest BCUT2D eigenvalue weighted by molar-refractivity contribution is 14.0. The van der Waals surface area contributed by atoms with Gasteiger partial charge in [0.25, 0.3) is 0 Å². The molecule has 0 amide bonds. The van der Waals surface area contributed by atoms with Crippen molar-refractivity contribution < 1.29 is 4.42 Å². The number of benzene rings is 2. The van der Waals surface area contributed by atoms with Gasteiger partial charge in [-0.25, -0.2) is 9.98 Å². The minimum atomic E-state index is 0. The number of hydrogen-bond acceptors (Lipinski definition) is 4. The van der Waals surface area contributed by atoms with Crippen LogP contribution in [0, 0.1) is 26.7 Å². The maximum atomic E-state index is 5.76. The molecule has 2 N–H and O–H groups in total. The molecule has 182 valence electrons. The van der Waals surface area contributed by atoms with Crippen molar-refractivity contribution in [1.29, 1.82) is 0 Å². The summed E-state index contributed by atoms with van der Waals surface area (Å²) in [4.78, 5) is 11.8. The van der Waals surface area contributed by atoms with Crippen molar-refractivity contribution in [2.45, 2.75) is 46.7 Å². The average Bonchev–Trinajstić information content (AvgIpc) is 3.14. The largest absolute Gasteiger partial charge is 0.444 e. The quantitative estimate of drug-likeness (QED) is 0.216. The van der Waals surface area contributed by atoms with Crippen LogP contribution in [0.1, 0.15) is 41.3 Å². The number of rotatable bonds is 7. The number of aliphatic imine (C=N–C) groups is 1. The van der Waals surface area contributed by atoms with Gasteiger partial charge in [-0.05, 0) is 70.3 Å². The molecule has 34 heavy (non-hydrogen) atoms. The molecular weight excluding hydrogens is 537 g/mol. The average molecular weight is 574 g/mol. The van der Waals surface area contributed by atoms with Crippen molar-refractivity contribution in [2.75, 3.05) is 25.0 Å². The van der Waals surface area contributed by atoms with E-state index in [1.807, 2.05) is 32.0 Å². The van der Waals surface area contributed by atoms with Gasteiger partial charge in [-0.3, -0.25) is 4.90 Å². The van der Waals surface area contributed by atoms with Gasteiger partial charge in [0, 0.05) is 12.2 Å². The molecule has 6 nitrogen and oxygen atoms in total. The number of aromatic nitrogens is 1. The van der Waals surface area contributed by atoms with Gasteiger partial charge in [-0.15, -0.1) is 24.0 Å². The predicted octanol–water partition coefficient (Wildman–Crippen LogP) is 5.69. The Kier molecular flexibility index (Phi) is 9.95. The summed E-state index contributed by atoms with van der Waals surface area (Å²) in [5.74, 6) is 3.21. The topological polar surface area (TPSA) is 65.7 Å². The normalized spacial score (nSPS) is 15.1. The van der Waals surface area contributed by atoms with E-state index in [-0.39, 0.29) is 24.0 Å². The molecule has 0 unspecified atom stereocenters. The Hall–Kier alpha value is -2.39. The first-order chi connectivity index (χ1) is 16.0. The molecular formula is C27H36IN5O. The van der Waals surface area contributed by atoms with Gasteiger partial charge in [0.2, 0.25) is 5.89 Å². The molecule has 0 saturated carbocycles. The first-order valence-corrected chi connectivity index (χ1v) is 11.9. The minimum absolute atomic E-state index is 0. The number of likely N-dealkylation sites (tertiary alicyclic amines) is 1. The third kappa shape index (κ3) is 7.84. The van der Waals surface area contributed by atoms with Gasteiger partial charge in [-0.2, -0.15) is 0 Å². The predicted molar refractivity (Wildman–Crippen MR) is 150 cm³/mol. The van der Waals surface area contributed by atoms with Crippen LogP contribution in [0.3, 0.4) is 0 Å². The fourth-order valence-corrected chi connectivity index (χ4v) is 4.05. The number of halogens is 1. The number of para-hydroxylation sites is 1. The van der Waals surface area contributed by atoms with Crippen LogP contribution < -0.4 is 10.6 Å². The number of piperidine rings is 1. The molecule has 1 aliphatic rings. The second-order valence-electron chi connectivity index (χ2n) is 8.99. The summed E-state index contributed by atoms with van der Waals surface area (Å²) < 4.78 is 5.76. The van der Waals surface area contributed by atoms with Crippen molar-refractivity contribution in [2.24, 2.45) is 10.9 Å². The molecule has 1 aliphatic heterocycles. The van der Waals surface area contributed by atoms with Crippen molar-refractivity contribution in [1.82, 2.24) is 15.2 Å². The molecule has 2 heterocycles. The first-order valence-electron chi connectivity index (χ1n) is 11.9. The van der Waals surface area contributed by atoms with Crippen molar-refractivity contribution >= 4 is 35.6 Å². The van der Waals surface area contributed by atoms with Gasteiger partial charge in [0.1, 0.15) is 5.76 Å². The van der Waals surface area contributed by atoms with E-state index in [2.05, 4.69) is 63.8 Å². The molecule has 2 aromatic carbocycles. The Balaban J connectivity index is 0.00000324. The summed E-state index contributed by atoms with van der Waals surface area (Å²) in [6.07, 6.45) is 2.31.